The Balaban J connectivity index is 1.76. The Morgan fingerprint density at radius 1 is 1.37 bits per heavy atom. The molecular formula is C17H19ClN6O3. The first-order valence-corrected chi connectivity index (χ1v) is 8.90. The molecule has 0 aliphatic heterocycles. The Morgan fingerprint density at radius 2 is 2.19 bits per heavy atom. The fourth-order valence-corrected chi connectivity index (χ4v) is 2.69. The van der Waals surface area contributed by atoms with Crippen LogP contribution in [0.4, 0.5) is 0 Å². The van der Waals surface area contributed by atoms with Crippen molar-refractivity contribution in [1.29, 1.82) is 0 Å². The summed E-state index contributed by atoms with van der Waals surface area (Å²) in [5.74, 6) is -0.621. The summed E-state index contributed by atoms with van der Waals surface area (Å²) in [7, 11) is 0. The van der Waals surface area contributed by atoms with Crippen molar-refractivity contribution in [2.45, 2.75) is 26.4 Å². The monoisotopic (exact) mass is 390 g/mol. The lowest BCUT2D eigenvalue weighted by Crippen LogP contribution is -2.28. The summed E-state index contributed by atoms with van der Waals surface area (Å²) < 4.78 is 6.78. The molecule has 3 rings (SSSR count). The molecule has 0 saturated heterocycles. The second-order valence-corrected chi connectivity index (χ2v) is 6.13. The fourth-order valence-electron chi connectivity index (χ4n) is 2.49. The molecule has 2 aromatic heterocycles. The standard InChI is InChI=1S/C17H19ClN6O3/c1-2-27-9-5-8-24-15-13(22-23-24)16(25)21-14(20-15)17(26)19-10-11-6-3-4-7-12(11)18/h3-4,6-7H,2,5,8-10H2,1H3,(H,19,26)(H,20,21,25). The highest BCUT2D eigenvalue weighted by atomic mass is 35.5. The molecule has 0 atom stereocenters. The number of amides is 1. The quantitative estimate of drug-likeness (QED) is 0.563. The molecule has 0 spiro atoms. The normalized spacial score (nSPS) is 11.0. The van der Waals surface area contributed by atoms with E-state index < -0.39 is 11.5 Å². The number of carbonyl (C=O) groups excluding carboxylic acids is 1. The highest BCUT2D eigenvalue weighted by molar-refractivity contribution is 6.31. The number of nitrogens with zero attached hydrogens (tertiary/aromatic N) is 4. The number of fused-ring (bicyclic) bond motifs is 1. The SMILES string of the molecule is CCOCCCn1nnc2c(=O)[nH]c(C(=O)NCc3ccccc3Cl)nc21. The Labute approximate surface area is 159 Å². The van der Waals surface area contributed by atoms with Crippen molar-refractivity contribution < 1.29 is 9.53 Å². The maximum atomic E-state index is 12.4. The van der Waals surface area contributed by atoms with E-state index in [9.17, 15) is 9.59 Å². The molecular weight excluding hydrogens is 372 g/mol. The van der Waals surface area contributed by atoms with Gasteiger partial charge in [-0.15, -0.1) is 5.10 Å². The molecule has 0 fully saturated rings. The second-order valence-electron chi connectivity index (χ2n) is 5.72. The maximum Gasteiger partial charge on any atom is 0.287 e. The van der Waals surface area contributed by atoms with E-state index in [-0.39, 0.29) is 23.5 Å². The van der Waals surface area contributed by atoms with Crippen molar-refractivity contribution in [3.8, 4) is 0 Å². The first-order chi connectivity index (χ1) is 13.1. The van der Waals surface area contributed by atoms with Crippen LogP contribution in [-0.2, 0) is 17.8 Å². The summed E-state index contributed by atoms with van der Waals surface area (Å²) in [5, 5.41) is 11.0. The van der Waals surface area contributed by atoms with Crippen LogP contribution in [0.15, 0.2) is 29.1 Å². The molecule has 0 unspecified atom stereocenters. The van der Waals surface area contributed by atoms with Gasteiger partial charge in [-0.1, -0.05) is 35.0 Å². The predicted molar refractivity (Wildman–Crippen MR) is 99.7 cm³/mol. The molecule has 1 amide bonds. The third kappa shape index (κ3) is 4.50. The van der Waals surface area contributed by atoms with Gasteiger partial charge in [-0.3, -0.25) is 9.59 Å². The number of ether oxygens (including phenoxy) is 1. The topological polar surface area (TPSA) is 115 Å². The lowest BCUT2D eigenvalue weighted by Gasteiger charge is -2.07. The average molecular weight is 391 g/mol. The van der Waals surface area contributed by atoms with Crippen LogP contribution < -0.4 is 10.9 Å². The van der Waals surface area contributed by atoms with Gasteiger partial charge in [0.1, 0.15) is 0 Å². The summed E-state index contributed by atoms with van der Waals surface area (Å²) in [4.78, 5) is 31.3. The molecule has 0 saturated carbocycles. The fraction of sp³-hybridized carbons (Fsp3) is 0.353. The number of hydrogen-bond donors (Lipinski definition) is 2. The van der Waals surface area contributed by atoms with E-state index in [0.717, 1.165) is 5.56 Å². The molecule has 2 heterocycles. The molecule has 2 N–H and O–H groups in total. The van der Waals surface area contributed by atoms with Crippen molar-refractivity contribution in [1.82, 2.24) is 30.3 Å². The van der Waals surface area contributed by atoms with E-state index in [1.807, 2.05) is 13.0 Å². The van der Waals surface area contributed by atoms with Crippen molar-refractivity contribution >= 4 is 28.7 Å². The van der Waals surface area contributed by atoms with Crippen LogP contribution in [0, 0.1) is 0 Å². The van der Waals surface area contributed by atoms with Crippen LogP contribution in [-0.4, -0.2) is 44.1 Å². The first-order valence-electron chi connectivity index (χ1n) is 8.53. The minimum atomic E-state index is -0.518. The summed E-state index contributed by atoms with van der Waals surface area (Å²) >= 11 is 6.08. The molecule has 1 aromatic carbocycles. The van der Waals surface area contributed by atoms with Crippen molar-refractivity contribution in [3.05, 3.63) is 51.0 Å². The van der Waals surface area contributed by atoms with Crippen LogP contribution in [0.5, 0.6) is 0 Å². The van der Waals surface area contributed by atoms with Gasteiger partial charge in [0.15, 0.2) is 11.2 Å². The summed E-state index contributed by atoms with van der Waals surface area (Å²) in [5.41, 5.74) is 0.602. The van der Waals surface area contributed by atoms with Gasteiger partial charge < -0.3 is 15.0 Å². The van der Waals surface area contributed by atoms with Crippen molar-refractivity contribution in [2.75, 3.05) is 13.2 Å². The first kappa shape index (κ1) is 19.0. The third-order valence-electron chi connectivity index (χ3n) is 3.85. The number of aromatic amines is 1. The van der Waals surface area contributed by atoms with E-state index in [4.69, 9.17) is 16.3 Å². The Morgan fingerprint density at radius 3 is 2.96 bits per heavy atom. The highest BCUT2D eigenvalue weighted by Crippen LogP contribution is 2.14. The number of hydrogen-bond acceptors (Lipinski definition) is 6. The molecule has 9 nitrogen and oxygen atoms in total. The molecule has 142 valence electrons. The molecule has 0 bridgehead atoms. The summed E-state index contributed by atoms with van der Waals surface area (Å²) in [6.45, 7) is 3.80. The number of nitrogens with one attached hydrogen (secondary N) is 2. The van der Waals surface area contributed by atoms with Gasteiger partial charge in [-0.25, -0.2) is 9.67 Å². The molecule has 0 aliphatic rings. The van der Waals surface area contributed by atoms with Gasteiger partial charge in [-0.2, -0.15) is 0 Å². The van der Waals surface area contributed by atoms with Crippen molar-refractivity contribution in [3.63, 3.8) is 0 Å². The van der Waals surface area contributed by atoms with Gasteiger partial charge in [0, 0.05) is 31.3 Å². The number of carbonyl (C=O) groups is 1. The maximum absolute atomic E-state index is 12.4. The predicted octanol–water partition coefficient (Wildman–Crippen LogP) is 1.52. The zero-order valence-electron chi connectivity index (χ0n) is 14.7. The number of H-pyrrole nitrogens is 1. The Kier molecular flexibility index (Phi) is 6.15. The average Bonchev–Trinajstić information content (AvgIpc) is 3.08. The minimum Gasteiger partial charge on any atom is -0.382 e. The number of halogens is 1. The molecule has 0 aliphatic carbocycles. The van der Waals surface area contributed by atoms with E-state index in [1.165, 1.54) is 4.68 Å². The summed E-state index contributed by atoms with van der Waals surface area (Å²) in [6, 6.07) is 7.17. The Bertz CT molecular complexity index is 1000. The zero-order valence-corrected chi connectivity index (χ0v) is 15.5. The largest absolute Gasteiger partial charge is 0.382 e. The van der Waals surface area contributed by atoms with Crippen LogP contribution in [0.25, 0.3) is 11.2 Å². The smallest absolute Gasteiger partial charge is 0.287 e. The summed E-state index contributed by atoms with van der Waals surface area (Å²) in [6.07, 6.45) is 0.689. The number of rotatable bonds is 8. The van der Waals surface area contributed by atoms with Crippen LogP contribution in [0.3, 0.4) is 0 Å². The van der Waals surface area contributed by atoms with Crippen LogP contribution in [0.2, 0.25) is 5.02 Å². The van der Waals surface area contributed by atoms with Crippen LogP contribution >= 0.6 is 11.6 Å². The molecule has 0 radical (unpaired) electrons. The van der Waals surface area contributed by atoms with E-state index in [2.05, 4.69) is 25.6 Å². The third-order valence-corrected chi connectivity index (χ3v) is 4.22. The van der Waals surface area contributed by atoms with Gasteiger partial charge >= 0.3 is 0 Å². The number of aromatic nitrogens is 5. The van der Waals surface area contributed by atoms with Gasteiger partial charge in [0.05, 0.1) is 0 Å². The molecule has 10 heteroatoms. The van der Waals surface area contributed by atoms with E-state index >= 15 is 0 Å². The minimum absolute atomic E-state index is 0.0917. The Hall–Kier alpha value is -2.78. The second kappa shape index (κ2) is 8.74. The van der Waals surface area contributed by atoms with Gasteiger partial charge in [0.25, 0.3) is 11.5 Å². The molecule has 3 aromatic rings. The van der Waals surface area contributed by atoms with E-state index in [1.54, 1.807) is 18.2 Å². The lowest BCUT2D eigenvalue weighted by atomic mass is 10.2. The van der Waals surface area contributed by atoms with Crippen LogP contribution in [0.1, 0.15) is 29.5 Å². The lowest BCUT2D eigenvalue weighted by molar-refractivity contribution is 0.0940. The van der Waals surface area contributed by atoms with Gasteiger partial charge in [-0.05, 0) is 25.0 Å². The number of benzene rings is 1. The van der Waals surface area contributed by atoms with E-state index in [0.29, 0.717) is 31.2 Å². The molecule has 27 heavy (non-hydrogen) atoms. The zero-order chi connectivity index (χ0) is 19.2. The van der Waals surface area contributed by atoms with Gasteiger partial charge in [0.2, 0.25) is 5.82 Å². The highest BCUT2D eigenvalue weighted by Gasteiger charge is 2.16. The number of aryl methyl sites for hydroxylation is 1. The van der Waals surface area contributed by atoms with Crippen molar-refractivity contribution in [2.24, 2.45) is 0 Å².